The molecule has 0 aromatic heterocycles. The molecule has 1 aliphatic carbocycles. The molecule has 1 aromatic carbocycles. The van der Waals surface area contributed by atoms with Crippen LogP contribution in [0.4, 0.5) is 0 Å². The molecule has 3 amide bonds. The molecule has 1 saturated carbocycles. The van der Waals surface area contributed by atoms with Crippen LogP contribution in [-0.2, 0) is 9.53 Å². The van der Waals surface area contributed by atoms with Crippen molar-refractivity contribution in [2.45, 2.75) is 64.5 Å². The minimum atomic E-state index is -0.767. The Morgan fingerprint density at radius 3 is 2.38 bits per heavy atom. The number of ether oxygens (including phenoxy) is 1. The van der Waals surface area contributed by atoms with Gasteiger partial charge in [-0.1, -0.05) is 33.1 Å². The second kappa shape index (κ2) is 8.76. The SMILES string of the molecule is COC(=O)[C@H](CC(C)C)NC(=O)c1ccc2c(c1)C(=O)N(C1CCCCC1)C2=O. The van der Waals surface area contributed by atoms with Crippen LogP contribution in [0.3, 0.4) is 0 Å². The van der Waals surface area contributed by atoms with E-state index in [2.05, 4.69) is 5.32 Å². The molecule has 1 aliphatic heterocycles. The Balaban J connectivity index is 1.80. The Morgan fingerprint density at radius 1 is 1.10 bits per heavy atom. The lowest BCUT2D eigenvalue weighted by Crippen LogP contribution is -2.42. The molecule has 1 aromatic rings. The summed E-state index contributed by atoms with van der Waals surface area (Å²) in [4.78, 5) is 51.7. The molecule has 0 bridgehead atoms. The van der Waals surface area contributed by atoms with Crippen LogP contribution in [0.25, 0.3) is 0 Å². The van der Waals surface area contributed by atoms with Gasteiger partial charge in [-0.3, -0.25) is 19.3 Å². The fourth-order valence-corrected chi connectivity index (χ4v) is 4.14. The monoisotopic (exact) mass is 400 g/mol. The minimum Gasteiger partial charge on any atom is -0.467 e. The smallest absolute Gasteiger partial charge is 0.328 e. The van der Waals surface area contributed by atoms with Crippen molar-refractivity contribution in [3.8, 4) is 0 Å². The van der Waals surface area contributed by atoms with Gasteiger partial charge >= 0.3 is 5.97 Å². The van der Waals surface area contributed by atoms with Gasteiger partial charge in [-0.2, -0.15) is 0 Å². The van der Waals surface area contributed by atoms with Crippen LogP contribution in [0, 0.1) is 5.92 Å². The molecule has 0 radical (unpaired) electrons. The molecular weight excluding hydrogens is 372 g/mol. The first kappa shape index (κ1) is 21.0. The Hall–Kier alpha value is -2.70. The number of fused-ring (bicyclic) bond motifs is 1. The molecule has 7 heteroatoms. The van der Waals surface area contributed by atoms with Crippen molar-refractivity contribution >= 4 is 23.7 Å². The fraction of sp³-hybridized carbons (Fsp3) is 0.545. The molecule has 2 aliphatic rings. The summed E-state index contributed by atoms with van der Waals surface area (Å²) < 4.78 is 4.78. The third-order valence-electron chi connectivity index (χ3n) is 5.62. The molecule has 1 fully saturated rings. The van der Waals surface area contributed by atoms with Gasteiger partial charge < -0.3 is 10.1 Å². The van der Waals surface area contributed by atoms with Crippen LogP contribution in [-0.4, -0.2) is 47.8 Å². The van der Waals surface area contributed by atoms with Gasteiger partial charge in [0, 0.05) is 11.6 Å². The first-order chi connectivity index (χ1) is 13.8. The Bertz CT molecular complexity index is 826. The number of hydrogen-bond donors (Lipinski definition) is 1. The van der Waals surface area contributed by atoms with Crippen molar-refractivity contribution in [2.24, 2.45) is 5.92 Å². The third-order valence-corrected chi connectivity index (χ3v) is 5.62. The second-order valence-electron chi connectivity index (χ2n) is 8.21. The molecular formula is C22H28N2O5. The number of rotatable bonds is 6. The van der Waals surface area contributed by atoms with E-state index in [9.17, 15) is 19.2 Å². The molecule has 1 N–H and O–H groups in total. The summed E-state index contributed by atoms with van der Waals surface area (Å²) in [7, 11) is 1.28. The fourth-order valence-electron chi connectivity index (χ4n) is 4.14. The van der Waals surface area contributed by atoms with E-state index in [0.29, 0.717) is 12.0 Å². The highest BCUT2D eigenvalue weighted by Gasteiger charge is 2.40. The molecule has 0 spiro atoms. The van der Waals surface area contributed by atoms with Crippen LogP contribution < -0.4 is 5.32 Å². The largest absolute Gasteiger partial charge is 0.467 e. The number of esters is 1. The van der Waals surface area contributed by atoms with Gasteiger partial charge in [0.1, 0.15) is 6.04 Å². The number of imide groups is 1. The number of benzene rings is 1. The minimum absolute atomic E-state index is 0.0665. The number of nitrogens with zero attached hydrogens (tertiary/aromatic N) is 1. The number of hydrogen-bond acceptors (Lipinski definition) is 5. The predicted octanol–water partition coefficient (Wildman–Crippen LogP) is 2.93. The normalized spacial score (nSPS) is 18.0. The van der Waals surface area contributed by atoms with Crippen molar-refractivity contribution in [3.63, 3.8) is 0 Å². The first-order valence-electron chi connectivity index (χ1n) is 10.2. The van der Waals surface area contributed by atoms with E-state index in [4.69, 9.17) is 4.74 Å². The maximum Gasteiger partial charge on any atom is 0.328 e. The van der Waals surface area contributed by atoms with Gasteiger partial charge in [0.15, 0.2) is 0 Å². The third kappa shape index (κ3) is 4.33. The predicted molar refractivity (Wildman–Crippen MR) is 107 cm³/mol. The summed E-state index contributed by atoms with van der Waals surface area (Å²) in [6.45, 7) is 3.89. The summed E-state index contributed by atoms with van der Waals surface area (Å²) in [6, 6.07) is 3.67. The molecule has 29 heavy (non-hydrogen) atoms. The molecule has 1 heterocycles. The quantitative estimate of drug-likeness (QED) is 0.585. The summed E-state index contributed by atoms with van der Waals surface area (Å²) in [5.74, 6) is -1.42. The van der Waals surface area contributed by atoms with Crippen molar-refractivity contribution in [1.29, 1.82) is 0 Å². The van der Waals surface area contributed by atoms with E-state index in [-0.39, 0.29) is 34.9 Å². The van der Waals surface area contributed by atoms with Crippen molar-refractivity contribution in [3.05, 3.63) is 34.9 Å². The lowest BCUT2D eigenvalue weighted by atomic mass is 9.94. The van der Waals surface area contributed by atoms with E-state index in [1.54, 1.807) is 0 Å². The van der Waals surface area contributed by atoms with Crippen LogP contribution in [0.15, 0.2) is 18.2 Å². The van der Waals surface area contributed by atoms with E-state index in [1.807, 2.05) is 13.8 Å². The second-order valence-corrected chi connectivity index (χ2v) is 8.21. The molecule has 0 unspecified atom stereocenters. The van der Waals surface area contributed by atoms with Gasteiger partial charge in [0.25, 0.3) is 17.7 Å². The number of amides is 3. The summed E-state index contributed by atoms with van der Waals surface area (Å²) >= 11 is 0. The van der Waals surface area contributed by atoms with E-state index in [0.717, 1.165) is 32.1 Å². The Morgan fingerprint density at radius 2 is 1.76 bits per heavy atom. The summed E-state index contributed by atoms with van der Waals surface area (Å²) in [6.07, 6.45) is 5.24. The topological polar surface area (TPSA) is 92.8 Å². The summed E-state index contributed by atoms with van der Waals surface area (Å²) in [5.41, 5.74) is 0.837. The standard InChI is InChI=1S/C22H28N2O5/c1-13(2)11-18(22(28)29-3)23-19(25)14-9-10-16-17(12-14)21(27)24(20(16)26)15-7-5-4-6-8-15/h9-10,12-13,15,18H,4-8,11H2,1-3H3,(H,23,25)/t18-/m0/s1. The zero-order chi connectivity index (χ0) is 21.1. The maximum absolute atomic E-state index is 12.9. The van der Waals surface area contributed by atoms with Crippen LogP contribution in [0.5, 0.6) is 0 Å². The van der Waals surface area contributed by atoms with E-state index < -0.39 is 17.9 Å². The number of carbonyl (C=O) groups excluding carboxylic acids is 4. The van der Waals surface area contributed by atoms with Gasteiger partial charge in [-0.15, -0.1) is 0 Å². The zero-order valence-electron chi connectivity index (χ0n) is 17.2. The number of carbonyl (C=O) groups is 4. The number of methoxy groups -OCH3 is 1. The highest BCUT2D eigenvalue weighted by atomic mass is 16.5. The average molecular weight is 400 g/mol. The Kier molecular flexibility index (Phi) is 6.35. The van der Waals surface area contributed by atoms with Gasteiger partial charge in [-0.05, 0) is 43.4 Å². The highest BCUT2D eigenvalue weighted by Crippen LogP contribution is 2.31. The van der Waals surface area contributed by atoms with Gasteiger partial charge in [0.2, 0.25) is 0 Å². The highest BCUT2D eigenvalue weighted by molar-refractivity contribution is 6.22. The zero-order valence-corrected chi connectivity index (χ0v) is 17.2. The maximum atomic E-state index is 12.9. The van der Waals surface area contributed by atoms with E-state index in [1.165, 1.54) is 30.2 Å². The van der Waals surface area contributed by atoms with Crippen LogP contribution in [0.2, 0.25) is 0 Å². The Labute approximate surface area is 170 Å². The van der Waals surface area contributed by atoms with E-state index >= 15 is 0 Å². The molecule has 3 rings (SSSR count). The first-order valence-corrected chi connectivity index (χ1v) is 10.2. The van der Waals surface area contributed by atoms with Crippen molar-refractivity contribution in [1.82, 2.24) is 10.2 Å². The van der Waals surface area contributed by atoms with Crippen LogP contribution >= 0.6 is 0 Å². The molecule has 156 valence electrons. The van der Waals surface area contributed by atoms with Gasteiger partial charge in [-0.25, -0.2) is 4.79 Å². The average Bonchev–Trinajstić information content (AvgIpc) is 2.97. The van der Waals surface area contributed by atoms with Crippen LogP contribution in [0.1, 0.15) is 83.4 Å². The van der Waals surface area contributed by atoms with Crippen molar-refractivity contribution in [2.75, 3.05) is 7.11 Å². The molecule has 0 saturated heterocycles. The lowest BCUT2D eigenvalue weighted by molar-refractivity contribution is -0.143. The summed E-state index contributed by atoms with van der Waals surface area (Å²) in [5, 5.41) is 2.68. The van der Waals surface area contributed by atoms with Crippen molar-refractivity contribution < 1.29 is 23.9 Å². The number of nitrogens with one attached hydrogen (secondary N) is 1. The van der Waals surface area contributed by atoms with Gasteiger partial charge in [0.05, 0.1) is 18.2 Å². The molecule has 1 atom stereocenters. The lowest BCUT2D eigenvalue weighted by Gasteiger charge is -2.29. The molecule has 7 nitrogen and oxygen atoms in total.